The fourth-order valence-corrected chi connectivity index (χ4v) is 2.84. The Balaban J connectivity index is 1.95. The molecule has 0 aromatic carbocycles. The van der Waals surface area contributed by atoms with Crippen LogP contribution in [-0.4, -0.2) is 80.8 Å². The maximum Gasteiger partial charge on any atom is 0.237 e. The summed E-state index contributed by atoms with van der Waals surface area (Å²) in [6.07, 6.45) is 1.61. The highest BCUT2D eigenvalue weighted by atomic mass is 16.5. The molecule has 2 fully saturated rings. The minimum absolute atomic E-state index is 0.0506. The number of hydrogen-bond acceptors (Lipinski definition) is 5. The zero-order chi connectivity index (χ0) is 15.2. The summed E-state index contributed by atoms with van der Waals surface area (Å²) in [5, 5.41) is 0. The van der Waals surface area contributed by atoms with Crippen LogP contribution in [0.15, 0.2) is 0 Å². The van der Waals surface area contributed by atoms with Crippen LogP contribution in [0.1, 0.15) is 12.8 Å². The van der Waals surface area contributed by atoms with E-state index in [0.29, 0.717) is 26.4 Å². The fraction of sp³-hybridized carbons (Fsp3) is 0.857. The first-order valence-electron chi connectivity index (χ1n) is 7.51. The summed E-state index contributed by atoms with van der Waals surface area (Å²) in [6, 6.07) is 0. The molecule has 2 N–H and O–H groups in total. The van der Waals surface area contributed by atoms with Crippen LogP contribution in [0.3, 0.4) is 0 Å². The van der Waals surface area contributed by atoms with Crippen LogP contribution in [0.25, 0.3) is 0 Å². The molecule has 7 nitrogen and oxygen atoms in total. The number of amides is 2. The molecule has 2 heterocycles. The van der Waals surface area contributed by atoms with Gasteiger partial charge < -0.3 is 25.0 Å². The number of carbonyl (C=O) groups is 2. The van der Waals surface area contributed by atoms with E-state index in [4.69, 9.17) is 15.2 Å². The van der Waals surface area contributed by atoms with Gasteiger partial charge in [0.05, 0.1) is 31.8 Å². The number of primary amides is 1. The molecule has 0 saturated carbocycles. The number of ether oxygens (including phenoxy) is 2. The van der Waals surface area contributed by atoms with Gasteiger partial charge in [0.1, 0.15) is 0 Å². The van der Waals surface area contributed by atoms with Gasteiger partial charge in [-0.05, 0) is 19.9 Å². The molecule has 120 valence electrons. The van der Waals surface area contributed by atoms with E-state index in [0.717, 1.165) is 25.9 Å². The average Bonchev–Trinajstić information content (AvgIpc) is 2.46. The summed E-state index contributed by atoms with van der Waals surface area (Å²) in [7, 11) is 2.02. The van der Waals surface area contributed by atoms with Gasteiger partial charge in [0.2, 0.25) is 11.8 Å². The van der Waals surface area contributed by atoms with Gasteiger partial charge in [-0.2, -0.15) is 0 Å². The third kappa shape index (κ3) is 4.94. The standard InChI is InChI=1S/C14H25N3O4/c1-16-4-6-21-12(7-16)8-17(9-13(15)18)14(19)11-3-2-5-20-10-11/h11-12H,2-10H2,1H3,(H2,15,18)/t11-,12+/m1/s1. The van der Waals surface area contributed by atoms with E-state index in [1.165, 1.54) is 4.90 Å². The quantitative estimate of drug-likeness (QED) is 0.708. The largest absolute Gasteiger partial charge is 0.381 e. The molecule has 2 saturated heterocycles. The Morgan fingerprint density at radius 2 is 2.19 bits per heavy atom. The van der Waals surface area contributed by atoms with Gasteiger partial charge in [-0.15, -0.1) is 0 Å². The number of nitrogens with zero attached hydrogens (tertiary/aromatic N) is 2. The highest BCUT2D eigenvalue weighted by Crippen LogP contribution is 2.17. The van der Waals surface area contributed by atoms with Crippen LogP contribution in [-0.2, 0) is 19.1 Å². The van der Waals surface area contributed by atoms with E-state index in [-0.39, 0.29) is 24.5 Å². The number of carbonyl (C=O) groups excluding carboxylic acids is 2. The Bertz CT molecular complexity index is 371. The molecule has 2 amide bonds. The molecule has 2 atom stereocenters. The maximum absolute atomic E-state index is 12.6. The van der Waals surface area contributed by atoms with Crippen LogP contribution in [0.4, 0.5) is 0 Å². The van der Waals surface area contributed by atoms with Gasteiger partial charge in [-0.1, -0.05) is 0 Å². The normalized spacial score (nSPS) is 27.3. The number of nitrogens with two attached hydrogens (primary N) is 1. The molecule has 7 heteroatoms. The molecular weight excluding hydrogens is 274 g/mol. The van der Waals surface area contributed by atoms with E-state index in [1.54, 1.807) is 0 Å². The average molecular weight is 299 g/mol. The summed E-state index contributed by atoms with van der Waals surface area (Å²) >= 11 is 0. The molecule has 2 aliphatic heterocycles. The van der Waals surface area contributed by atoms with Crippen LogP contribution < -0.4 is 5.73 Å². The van der Waals surface area contributed by atoms with Crippen molar-refractivity contribution in [3.05, 3.63) is 0 Å². The third-order valence-corrected chi connectivity index (χ3v) is 3.93. The molecule has 0 unspecified atom stereocenters. The maximum atomic E-state index is 12.6. The van der Waals surface area contributed by atoms with Crippen molar-refractivity contribution in [2.75, 3.05) is 53.0 Å². The minimum Gasteiger partial charge on any atom is -0.381 e. The van der Waals surface area contributed by atoms with Crippen LogP contribution in [0.5, 0.6) is 0 Å². The second-order valence-corrected chi connectivity index (χ2v) is 5.85. The summed E-state index contributed by atoms with van der Waals surface area (Å²) in [5.41, 5.74) is 5.28. The fourth-order valence-electron chi connectivity index (χ4n) is 2.84. The lowest BCUT2D eigenvalue weighted by molar-refractivity contribution is -0.145. The molecule has 0 bridgehead atoms. The first-order valence-corrected chi connectivity index (χ1v) is 7.51. The zero-order valence-electron chi connectivity index (χ0n) is 12.6. The van der Waals surface area contributed by atoms with Gasteiger partial charge in [0.15, 0.2) is 0 Å². The molecule has 0 aromatic heterocycles. The lowest BCUT2D eigenvalue weighted by Gasteiger charge is -2.35. The first-order chi connectivity index (χ1) is 10.1. The zero-order valence-corrected chi connectivity index (χ0v) is 12.6. The van der Waals surface area contributed by atoms with Gasteiger partial charge in [0.25, 0.3) is 0 Å². The number of rotatable bonds is 5. The lowest BCUT2D eigenvalue weighted by Crippen LogP contribution is -2.51. The number of likely N-dealkylation sites (N-methyl/N-ethyl adjacent to an activating group) is 1. The van der Waals surface area contributed by atoms with Gasteiger partial charge in [-0.25, -0.2) is 0 Å². The van der Waals surface area contributed by atoms with Gasteiger partial charge in [0, 0.05) is 26.2 Å². The Hall–Kier alpha value is -1.18. The predicted molar refractivity (Wildman–Crippen MR) is 76.6 cm³/mol. The van der Waals surface area contributed by atoms with E-state index >= 15 is 0 Å². The Morgan fingerprint density at radius 3 is 2.81 bits per heavy atom. The summed E-state index contributed by atoms with van der Waals surface area (Å²) < 4.78 is 11.0. The molecule has 0 aromatic rings. The van der Waals surface area contributed by atoms with Crippen molar-refractivity contribution in [2.24, 2.45) is 11.7 Å². The molecule has 2 aliphatic rings. The first kappa shape index (κ1) is 16.2. The van der Waals surface area contributed by atoms with Crippen molar-refractivity contribution in [1.82, 2.24) is 9.80 Å². The highest BCUT2D eigenvalue weighted by molar-refractivity contribution is 5.85. The van der Waals surface area contributed by atoms with Crippen molar-refractivity contribution in [3.8, 4) is 0 Å². The highest BCUT2D eigenvalue weighted by Gasteiger charge is 2.30. The topological polar surface area (TPSA) is 85.1 Å². The Morgan fingerprint density at radius 1 is 1.38 bits per heavy atom. The van der Waals surface area contributed by atoms with Gasteiger partial charge in [-0.3, -0.25) is 9.59 Å². The van der Waals surface area contributed by atoms with Crippen molar-refractivity contribution < 1.29 is 19.1 Å². The third-order valence-electron chi connectivity index (χ3n) is 3.93. The molecule has 2 rings (SSSR count). The molecule has 0 aliphatic carbocycles. The Kier molecular flexibility index (Phi) is 5.96. The van der Waals surface area contributed by atoms with E-state index in [9.17, 15) is 9.59 Å². The van der Waals surface area contributed by atoms with Crippen LogP contribution in [0, 0.1) is 5.92 Å². The van der Waals surface area contributed by atoms with E-state index in [1.807, 2.05) is 7.05 Å². The monoisotopic (exact) mass is 299 g/mol. The number of morpholine rings is 1. The second-order valence-electron chi connectivity index (χ2n) is 5.85. The lowest BCUT2D eigenvalue weighted by atomic mass is 10.0. The second kappa shape index (κ2) is 7.72. The Labute approximate surface area is 125 Å². The van der Waals surface area contributed by atoms with Crippen molar-refractivity contribution in [1.29, 1.82) is 0 Å². The minimum atomic E-state index is -0.496. The molecule has 0 spiro atoms. The van der Waals surface area contributed by atoms with E-state index in [2.05, 4.69) is 4.90 Å². The van der Waals surface area contributed by atoms with Crippen LogP contribution >= 0.6 is 0 Å². The molecule has 0 radical (unpaired) electrons. The molecular formula is C14H25N3O4. The van der Waals surface area contributed by atoms with Crippen molar-refractivity contribution in [3.63, 3.8) is 0 Å². The summed E-state index contributed by atoms with van der Waals surface area (Å²) in [6.45, 7) is 3.77. The van der Waals surface area contributed by atoms with Gasteiger partial charge >= 0.3 is 0 Å². The smallest absolute Gasteiger partial charge is 0.237 e. The summed E-state index contributed by atoms with van der Waals surface area (Å²) in [5.74, 6) is -0.714. The van der Waals surface area contributed by atoms with Crippen molar-refractivity contribution >= 4 is 11.8 Å². The predicted octanol–water partition coefficient (Wildman–Crippen LogP) is -0.942. The molecule has 21 heavy (non-hydrogen) atoms. The summed E-state index contributed by atoms with van der Waals surface area (Å²) in [4.78, 5) is 27.5. The SMILES string of the molecule is CN1CCO[C@H](CN(CC(N)=O)C(=O)[C@@H]2CCCOC2)C1. The van der Waals surface area contributed by atoms with Crippen LogP contribution in [0.2, 0.25) is 0 Å². The van der Waals surface area contributed by atoms with Crippen molar-refractivity contribution in [2.45, 2.75) is 18.9 Å². The van der Waals surface area contributed by atoms with E-state index < -0.39 is 5.91 Å². The number of hydrogen-bond donors (Lipinski definition) is 1.